The van der Waals surface area contributed by atoms with Gasteiger partial charge in [-0.25, -0.2) is 0 Å². The molecule has 0 radical (unpaired) electrons. The lowest BCUT2D eigenvalue weighted by Crippen LogP contribution is -2.26. The van der Waals surface area contributed by atoms with Crippen LogP contribution in [-0.2, 0) is 6.42 Å². The SMILES string of the molecule is COc1ccccc1-c1nnc(C(=O)NCCc2cccc(Cl)c2)o1. The maximum Gasteiger partial charge on any atom is 0.308 e. The van der Waals surface area contributed by atoms with Crippen molar-refractivity contribution < 1.29 is 13.9 Å². The molecular weight excluding hydrogens is 342 g/mol. The predicted octanol–water partition coefficient (Wildman–Crippen LogP) is 3.37. The van der Waals surface area contributed by atoms with Crippen molar-refractivity contribution in [2.45, 2.75) is 6.42 Å². The lowest BCUT2D eigenvalue weighted by Gasteiger charge is -2.04. The van der Waals surface area contributed by atoms with Crippen LogP contribution in [0.5, 0.6) is 5.75 Å². The summed E-state index contributed by atoms with van der Waals surface area (Å²) in [5.41, 5.74) is 1.67. The van der Waals surface area contributed by atoms with E-state index in [9.17, 15) is 4.79 Å². The molecule has 6 nitrogen and oxygen atoms in total. The van der Waals surface area contributed by atoms with Crippen molar-refractivity contribution in [2.75, 3.05) is 13.7 Å². The molecule has 7 heteroatoms. The number of rotatable bonds is 6. The molecule has 128 valence electrons. The number of hydrogen-bond acceptors (Lipinski definition) is 5. The smallest absolute Gasteiger partial charge is 0.308 e. The fourth-order valence-electron chi connectivity index (χ4n) is 2.33. The maximum absolute atomic E-state index is 12.1. The summed E-state index contributed by atoms with van der Waals surface area (Å²) in [5.74, 6) is 0.319. The van der Waals surface area contributed by atoms with Crippen LogP contribution in [0.2, 0.25) is 5.02 Å². The van der Waals surface area contributed by atoms with Gasteiger partial charge < -0.3 is 14.5 Å². The van der Waals surface area contributed by atoms with Crippen molar-refractivity contribution in [3.05, 3.63) is 65.0 Å². The molecule has 3 aromatic rings. The lowest BCUT2D eigenvalue weighted by atomic mass is 10.1. The summed E-state index contributed by atoms with van der Waals surface area (Å²) in [7, 11) is 1.55. The van der Waals surface area contributed by atoms with Gasteiger partial charge in [0.25, 0.3) is 5.89 Å². The van der Waals surface area contributed by atoms with Crippen molar-refractivity contribution in [1.82, 2.24) is 15.5 Å². The third-order valence-corrected chi connectivity index (χ3v) is 3.78. The first kappa shape index (κ1) is 17.0. The van der Waals surface area contributed by atoms with E-state index in [-0.39, 0.29) is 11.8 Å². The average Bonchev–Trinajstić information content (AvgIpc) is 3.12. The van der Waals surface area contributed by atoms with Gasteiger partial charge in [-0.05, 0) is 36.2 Å². The first-order valence-electron chi connectivity index (χ1n) is 7.67. The summed E-state index contributed by atoms with van der Waals surface area (Å²) in [6.45, 7) is 0.436. The number of hydrogen-bond donors (Lipinski definition) is 1. The van der Waals surface area contributed by atoms with Crippen LogP contribution in [0.1, 0.15) is 16.2 Å². The number of carbonyl (C=O) groups excluding carboxylic acids is 1. The molecule has 0 unspecified atom stereocenters. The Bertz CT molecular complexity index is 879. The molecule has 0 aliphatic carbocycles. The van der Waals surface area contributed by atoms with E-state index >= 15 is 0 Å². The zero-order chi connectivity index (χ0) is 17.6. The largest absolute Gasteiger partial charge is 0.496 e. The third kappa shape index (κ3) is 4.16. The highest BCUT2D eigenvalue weighted by molar-refractivity contribution is 6.30. The van der Waals surface area contributed by atoms with E-state index in [0.717, 1.165) is 5.56 Å². The Balaban J connectivity index is 1.63. The number of carbonyl (C=O) groups is 1. The quantitative estimate of drug-likeness (QED) is 0.731. The van der Waals surface area contributed by atoms with Crippen LogP contribution in [0, 0.1) is 0 Å². The van der Waals surface area contributed by atoms with E-state index in [1.807, 2.05) is 36.4 Å². The Hall–Kier alpha value is -2.86. The number of nitrogens with one attached hydrogen (secondary N) is 1. The Morgan fingerprint density at radius 3 is 2.84 bits per heavy atom. The first-order valence-corrected chi connectivity index (χ1v) is 8.04. The Kier molecular flexibility index (Phi) is 5.30. The number of amides is 1. The Morgan fingerprint density at radius 2 is 2.04 bits per heavy atom. The fraction of sp³-hybridized carbons (Fsp3) is 0.167. The number of para-hydroxylation sites is 1. The van der Waals surface area contributed by atoms with Crippen LogP contribution in [0.25, 0.3) is 11.5 Å². The molecule has 0 bridgehead atoms. The number of aromatic nitrogens is 2. The molecule has 0 spiro atoms. The topological polar surface area (TPSA) is 77.2 Å². The van der Waals surface area contributed by atoms with E-state index < -0.39 is 5.91 Å². The van der Waals surface area contributed by atoms with Gasteiger partial charge in [0.1, 0.15) is 5.75 Å². The van der Waals surface area contributed by atoms with Crippen molar-refractivity contribution in [2.24, 2.45) is 0 Å². The number of ether oxygens (including phenoxy) is 1. The molecule has 1 heterocycles. The monoisotopic (exact) mass is 357 g/mol. The number of nitrogens with zero attached hydrogens (tertiary/aromatic N) is 2. The maximum atomic E-state index is 12.1. The second-order valence-electron chi connectivity index (χ2n) is 5.25. The second-order valence-corrected chi connectivity index (χ2v) is 5.68. The summed E-state index contributed by atoms with van der Waals surface area (Å²) < 4.78 is 10.7. The molecule has 25 heavy (non-hydrogen) atoms. The van der Waals surface area contributed by atoms with Crippen molar-refractivity contribution in [1.29, 1.82) is 0 Å². The molecule has 0 atom stereocenters. The van der Waals surface area contributed by atoms with Crippen LogP contribution in [0.3, 0.4) is 0 Å². The van der Waals surface area contributed by atoms with Gasteiger partial charge in [0.2, 0.25) is 0 Å². The standard InChI is InChI=1S/C18H16ClN3O3/c1-24-15-8-3-2-7-14(15)17-21-22-18(25-17)16(23)20-10-9-12-5-4-6-13(19)11-12/h2-8,11H,9-10H2,1H3,(H,20,23). The van der Waals surface area contributed by atoms with Crippen molar-refractivity contribution in [3.63, 3.8) is 0 Å². The number of methoxy groups -OCH3 is 1. The summed E-state index contributed by atoms with van der Waals surface area (Å²) >= 11 is 5.94. The second kappa shape index (κ2) is 7.81. The van der Waals surface area contributed by atoms with Gasteiger partial charge in [-0.1, -0.05) is 35.9 Å². The normalized spacial score (nSPS) is 10.5. The van der Waals surface area contributed by atoms with Crippen LogP contribution >= 0.6 is 11.6 Å². The van der Waals surface area contributed by atoms with Crippen LogP contribution < -0.4 is 10.1 Å². The molecular formula is C18H16ClN3O3. The molecule has 1 amide bonds. The van der Waals surface area contributed by atoms with Gasteiger partial charge in [0, 0.05) is 11.6 Å². The van der Waals surface area contributed by atoms with Gasteiger partial charge >= 0.3 is 11.8 Å². The van der Waals surface area contributed by atoms with Gasteiger partial charge in [0.05, 0.1) is 12.7 Å². The average molecular weight is 358 g/mol. The third-order valence-electron chi connectivity index (χ3n) is 3.54. The van der Waals surface area contributed by atoms with E-state index in [0.29, 0.717) is 29.3 Å². The first-order chi connectivity index (χ1) is 12.2. The van der Waals surface area contributed by atoms with Gasteiger partial charge in [-0.3, -0.25) is 4.79 Å². The molecule has 0 fully saturated rings. The van der Waals surface area contributed by atoms with E-state index in [2.05, 4.69) is 15.5 Å². The van der Waals surface area contributed by atoms with Crippen molar-refractivity contribution in [3.8, 4) is 17.2 Å². The summed E-state index contributed by atoms with van der Waals surface area (Å²) in [6, 6.07) is 14.7. The Labute approximate surface area is 149 Å². The van der Waals surface area contributed by atoms with Crippen molar-refractivity contribution >= 4 is 17.5 Å². The molecule has 1 N–H and O–H groups in total. The summed E-state index contributed by atoms with van der Waals surface area (Å²) in [4.78, 5) is 12.1. The molecule has 3 rings (SSSR count). The fourth-order valence-corrected chi connectivity index (χ4v) is 2.55. The van der Waals surface area contributed by atoms with Gasteiger partial charge in [0.15, 0.2) is 0 Å². The van der Waals surface area contributed by atoms with Gasteiger partial charge in [-0.2, -0.15) is 0 Å². The molecule has 2 aromatic carbocycles. The van der Waals surface area contributed by atoms with Crippen LogP contribution in [-0.4, -0.2) is 29.8 Å². The summed E-state index contributed by atoms with van der Waals surface area (Å²) in [6.07, 6.45) is 0.653. The lowest BCUT2D eigenvalue weighted by molar-refractivity contribution is 0.0920. The zero-order valence-electron chi connectivity index (χ0n) is 13.5. The molecule has 0 aliphatic heterocycles. The summed E-state index contributed by atoms with van der Waals surface area (Å²) in [5, 5.41) is 11.1. The molecule has 1 aromatic heterocycles. The highest BCUT2D eigenvalue weighted by Crippen LogP contribution is 2.28. The van der Waals surface area contributed by atoms with Gasteiger partial charge in [-0.15, -0.1) is 10.2 Å². The minimum absolute atomic E-state index is 0.0907. The van der Waals surface area contributed by atoms with E-state index in [1.54, 1.807) is 19.2 Å². The van der Waals surface area contributed by atoms with E-state index in [1.165, 1.54) is 0 Å². The highest BCUT2D eigenvalue weighted by Gasteiger charge is 2.17. The number of halogens is 1. The predicted molar refractivity (Wildman–Crippen MR) is 93.8 cm³/mol. The molecule has 0 saturated heterocycles. The van der Waals surface area contributed by atoms with Crippen LogP contribution in [0.4, 0.5) is 0 Å². The number of benzene rings is 2. The highest BCUT2D eigenvalue weighted by atomic mass is 35.5. The molecule has 0 saturated carbocycles. The van der Waals surface area contributed by atoms with Crippen LogP contribution in [0.15, 0.2) is 52.9 Å². The van der Waals surface area contributed by atoms with E-state index in [4.69, 9.17) is 20.8 Å². The minimum Gasteiger partial charge on any atom is -0.496 e. The zero-order valence-corrected chi connectivity index (χ0v) is 14.3. The molecule has 0 aliphatic rings. The minimum atomic E-state index is -0.421. The Morgan fingerprint density at radius 1 is 1.20 bits per heavy atom.